The summed E-state index contributed by atoms with van der Waals surface area (Å²) in [5, 5.41) is 1.83. The smallest absolute Gasteiger partial charge is 0.328 e. The number of ether oxygens (including phenoxy) is 1. The molecular formula is C15H20ClNO3. The highest BCUT2D eigenvalue weighted by Gasteiger charge is 2.26. The van der Waals surface area contributed by atoms with Gasteiger partial charge in [-0.2, -0.15) is 0 Å². The number of benzene rings is 1. The summed E-state index contributed by atoms with van der Waals surface area (Å²) < 4.78 is 4.70. The van der Waals surface area contributed by atoms with Crippen molar-refractivity contribution in [2.75, 3.05) is 7.11 Å². The molecule has 1 rings (SSSR count). The van der Waals surface area contributed by atoms with Gasteiger partial charge in [0.2, 0.25) is 5.91 Å². The van der Waals surface area contributed by atoms with Gasteiger partial charge in [-0.1, -0.05) is 44.2 Å². The molecule has 2 atom stereocenters. The molecule has 0 saturated heterocycles. The minimum atomic E-state index is -0.824. The normalized spacial score (nSPS) is 13.7. The highest BCUT2D eigenvalue weighted by molar-refractivity contribution is 6.30. The molecule has 1 N–H and O–H groups in total. The minimum absolute atomic E-state index is 0.255. The third-order valence-corrected chi connectivity index (χ3v) is 3.28. The first-order valence-electron chi connectivity index (χ1n) is 6.53. The second kappa shape index (κ2) is 7.90. The van der Waals surface area contributed by atoms with Gasteiger partial charge in [0.15, 0.2) is 0 Å². The van der Waals surface area contributed by atoms with Crippen LogP contribution < -0.4 is 5.32 Å². The van der Waals surface area contributed by atoms with Gasteiger partial charge in [-0.05, 0) is 17.9 Å². The molecule has 0 radical (unpaired) electrons. The summed E-state index contributed by atoms with van der Waals surface area (Å²) in [5.74, 6) is -0.595. The minimum Gasteiger partial charge on any atom is -0.467 e. The van der Waals surface area contributed by atoms with Crippen LogP contribution in [0, 0.1) is 5.92 Å². The average molecular weight is 298 g/mol. The fourth-order valence-corrected chi connectivity index (χ4v) is 2.05. The van der Waals surface area contributed by atoms with Crippen LogP contribution in [0.5, 0.6) is 0 Å². The zero-order valence-electron chi connectivity index (χ0n) is 11.9. The Morgan fingerprint density at radius 2 is 1.85 bits per heavy atom. The molecule has 1 aromatic carbocycles. The van der Waals surface area contributed by atoms with Crippen molar-refractivity contribution in [2.24, 2.45) is 5.92 Å². The topological polar surface area (TPSA) is 55.4 Å². The standard InChI is InChI=1S/C15H20ClNO3/c1-10(2)9-12(15(19)20-3)17-14(18)13(16)11-7-5-4-6-8-11/h4-8,10,12-13H,9H2,1-3H3,(H,17,18). The summed E-state index contributed by atoms with van der Waals surface area (Å²) >= 11 is 6.12. The first kappa shape index (κ1) is 16.5. The number of amides is 1. The number of hydrogen-bond acceptors (Lipinski definition) is 3. The lowest BCUT2D eigenvalue weighted by atomic mass is 10.0. The van der Waals surface area contributed by atoms with Crippen LogP contribution in [0.3, 0.4) is 0 Å². The van der Waals surface area contributed by atoms with Crippen LogP contribution in [0.2, 0.25) is 0 Å². The van der Waals surface area contributed by atoms with Gasteiger partial charge in [0.25, 0.3) is 0 Å². The molecule has 110 valence electrons. The molecule has 0 fully saturated rings. The SMILES string of the molecule is COC(=O)C(CC(C)C)NC(=O)C(Cl)c1ccccc1. The first-order valence-corrected chi connectivity index (χ1v) is 6.96. The van der Waals surface area contributed by atoms with E-state index in [4.69, 9.17) is 16.3 Å². The molecule has 0 spiro atoms. The fraction of sp³-hybridized carbons (Fsp3) is 0.467. The number of esters is 1. The Morgan fingerprint density at radius 1 is 1.25 bits per heavy atom. The molecule has 5 heteroatoms. The van der Waals surface area contributed by atoms with Gasteiger partial charge in [-0.25, -0.2) is 4.79 Å². The third kappa shape index (κ3) is 4.85. The Balaban J connectivity index is 2.72. The molecule has 0 aliphatic carbocycles. The van der Waals surface area contributed by atoms with Crippen LogP contribution in [0.25, 0.3) is 0 Å². The molecule has 2 unspecified atom stereocenters. The van der Waals surface area contributed by atoms with Gasteiger partial charge in [0.1, 0.15) is 11.4 Å². The summed E-state index contributed by atoms with van der Waals surface area (Å²) in [4.78, 5) is 23.8. The van der Waals surface area contributed by atoms with Crippen LogP contribution in [0.4, 0.5) is 0 Å². The van der Waals surface area contributed by atoms with E-state index in [1.54, 1.807) is 12.1 Å². The summed E-state index contributed by atoms with van der Waals surface area (Å²) in [6, 6.07) is 8.34. The predicted molar refractivity (Wildman–Crippen MR) is 78.4 cm³/mol. The molecule has 0 aliphatic rings. The van der Waals surface area contributed by atoms with Crippen molar-refractivity contribution in [2.45, 2.75) is 31.7 Å². The number of hydrogen-bond donors (Lipinski definition) is 1. The van der Waals surface area contributed by atoms with E-state index in [0.717, 1.165) is 0 Å². The second-order valence-electron chi connectivity index (χ2n) is 4.99. The van der Waals surface area contributed by atoms with Gasteiger partial charge < -0.3 is 10.1 Å². The van der Waals surface area contributed by atoms with Gasteiger partial charge >= 0.3 is 5.97 Å². The lowest BCUT2D eigenvalue weighted by molar-refractivity contribution is -0.145. The van der Waals surface area contributed by atoms with Crippen LogP contribution in [-0.2, 0) is 14.3 Å². The third-order valence-electron chi connectivity index (χ3n) is 2.83. The van der Waals surface area contributed by atoms with Crippen molar-refractivity contribution in [1.82, 2.24) is 5.32 Å². The van der Waals surface area contributed by atoms with E-state index in [2.05, 4.69) is 5.32 Å². The Labute approximate surface area is 124 Å². The lowest BCUT2D eigenvalue weighted by Gasteiger charge is -2.20. The number of carbonyl (C=O) groups excluding carboxylic acids is 2. The van der Waals surface area contributed by atoms with Crippen LogP contribution in [-0.4, -0.2) is 25.0 Å². The first-order chi connectivity index (χ1) is 9.45. The average Bonchev–Trinajstić information content (AvgIpc) is 2.45. The van der Waals surface area contributed by atoms with E-state index in [1.165, 1.54) is 7.11 Å². The zero-order chi connectivity index (χ0) is 15.1. The van der Waals surface area contributed by atoms with Gasteiger partial charge in [0, 0.05) is 0 Å². The summed E-state index contributed by atoms with van der Waals surface area (Å²) in [7, 11) is 1.30. The van der Waals surface area contributed by atoms with Crippen molar-refractivity contribution in [3.63, 3.8) is 0 Å². The van der Waals surface area contributed by atoms with Crippen molar-refractivity contribution in [3.05, 3.63) is 35.9 Å². The van der Waals surface area contributed by atoms with E-state index < -0.39 is 23.3 Å². The number of alkyl halides is 1. The van der Waals surface area contributed by atoms with E-state index in [0.29, 0.717) is 12.0 Å². The van der Waals surface area contributed by atoms with Crippen LogP contribution in [0.1, 0.15) is 31.2 Å². The second-order valence-corrected chi connectivity index (χ2v) is 5.42. The Hall–Kier alpha value is -1.55. The quantitative estimate of drug-likeness (QED) is 0.649. The molecule has 0 aromatic heterocycles. The molecular weight excluding hydrogens is 278 g/mol. The Kier molecular flexibility index (Phi) is 6.52. The maximum absolute atomic E-state index is 12.1. The highest BCUT2D eigenvalue weighted by Crippen LogP contribution is 2.20. The molecule has 1 amide bonds. The molecule has 0 bridgehead atoms. The summed E-state index contributed by atoms with van der Waals surface area (Å²) in [6.45, 7) is 3.94. The maximum atomic E-state index is 12.1. The maximum Gasteiger partial charge on any atom is 0.328 e. The highest BCUT2D eigenvalue weighted by atomic mass is 35.5. The predicted octanol–water partition coefficient (Wildman–Crippen LogP) is 2.67. The van der Waals surface area contributed by atoms with Crippen LogP contribution in [0.15, 0.2) is 30.3 Å². The van der Waals surface area contributed by atoms with E-state index >= 15 is 0 Å². The van der Waals surface area contributed by atoms with E-state index in [-0.39, 0.29) is 5.92 Å². The number of halogens is 1. The number of methoxy groups -OCH3 is 1. The molecule has 4 nitrogen and oxygen atoms in total. The van der Waals surface area contributed by atoms with Gasteiger partial charge in [-0.15, -0.1) is 11.6 Å². The van der Waals surface area contributed by atoms with Gasteiger partial charge in [-0.3, -0.25) is 4.79 Å². The zero-order valence-corrected chi connectivity index (χ0v) is 12.7. The number of nitrogens with one attached hydrogen (secondary N) is 1. The Morgan fingerprint density at radius 3 is 2.35 bits per heavy atom. The molecule has 0 saturated carbocycles. The lowest BCUT2D eigenvalue weighted by Crippen LogP contribution is -2.43. The van der Waals surface area contributed by atoms with Crippen molar-refractivity contribution in [1.29, 1.82) is 0 Å². The fourth-order valence-electron chi connectivity index (χ4n) is 1.85. The van der Waals surface area contributed by atoms with Crippen LogP contribution >= 0.6 is 11.6 Å². The molecule has 0 heterocycles. The van der Waals surface area contributed by atoms with E-state index in [9.17, 15) is 9.59 Å². The summed E-state index contributed by atoms with van der Waals surface area (Å²) in [6.07, 6.45) is 0.511. The van der Waals surface area contributed by atoms with Gasteiger partial charge in [0.05, 0.1) is 7.11 Å². The van der Waals surface area contributed by atoms with E-state index in [1.807, 2.05) is 32.0 Å². The van der Waals surface area contributed by atoms with Crippen molar-refractivity contribution < 1.29 is 14.3 Å². The summed E-state index contributed by atoms with van der Waals surface area (Å²) in [5.41, 5.74) is 0.694. The van der Waals surface area contributed by atoms with Crippen molar-refractivity contribution in [3.8, 4) is 0 Å². The molecule has 0 aliphatic heterocycles. The van der Waals surface area contributed by atoms with Crippen molar-refractivity contribution >= 4 is 23.5 Å². The largest absolute Gasteiger partial charge is 0.467 e. The molecule has 20 heavy (non-hydrogen) atoms. The number of rotatable bonds is 6. The molecule has 1 aromatic rings. The number of carbonyl (C=O) groups is 2. The Bertz CT molecular complexity index is 448. The monoisotopic (exact) mass is 297 g/mol.